The number of H-pyrrole nitrogens is 1. The monoisotopic (exact) mass is 303 g/mol. The minimum atomic E-state index is -0.421. The molecule has 0 spiro atoms. The van der Waals surface area contributed by atoms with E-state index >= 15 is 0 Å². The second-order valence-electron chi connectivity index (χ2n) is 5.12. The number of nitrogens with zero attached hydrogens (tertiary/aromatic N) is 4. The number of rotatable bonds is 5. The third-order valence-corrected chi connectivity index (χ3v) is 3.62. The average molecular weight is 303 g/mol. The van der Waals surface area contributed by atoms with Crippen molar-refractivity contribution in [2.24, 2.45) is 0 Å². The number of morpholine rings is 1. The lowest BCUT2D eigenvalue weighted by molar-refractivity contribution is -0.384. The summed E-state index contributed by atoms with van der Waals surface area (Å²) in [6.45, 7) is 4.31. The molecule has 1 saturated heterocycles. The third kappa shape index (κ3) is 3.46. The van der Waals surface area contributed by atoms with Crippen LogP contribution in [-0.4, -0.2) is 57.9 Å². The van der Waals surface area contributed by atoms with Gasteiger partial charge in [-0.05, 0) is 0 Å². The standard InChI is InChI=1S/C14H17N5O3/c20-19(21)12-3-1-2-11(10-12)14-15-13(16-17-14)4-5-18-6-8-22-9-7-18/h1-3,10H,4-9H2,(H,15,16,17). The number of hydrogen-bond donors (Lipinski definition) is 1. The van der Waals surface area contributed by atoms with Crippen molar-refractivity contribution in [1.29, 1.82) is 0 Å². The molecule has 0 saturated carbocycles. The fraction of sp³-hybridized carbons (Fsp3) is 0.429. The summed E-state index contributed by atoms with van der Waals surface area (Å²) in [5.74, 6) is 1.27. The van der Waals surface area contributed by atoms with E-state index in [1.807, 2.05) is 0 Å². The maximum absolute atomic E-state index is 10.8. The zero-order valence-corrected chi connectivity index (χ0v) is 12.1. The highest BCUT2D eigenvalue weighted by Crippen LogP contribution is 2.20. The lowest BCUT2D eigenvalue weighted by atomic mass is 10.2. The van der Waals surface area contributed by atoms with Crippen LogP contribution in [0, 0.1) is 10.1 Å². The van der Waals surface area contributed by atoms with Gasteiger partial charge in [0.05, 0.1) is 18.1 Å². The second kappa shape index (κ2) is 6.63. The number of benzene rings is 1. The first kappa shape index (κ1) is 14.6. The van der Waals surface area contributed by atoms with Gasteiger partial charge in [-0.25, -0.2) is 4.98 Å². The number of hydrogen-bond acceptors (Lipinski definition) is 6. The van der Waals surface area contributed by atoms with Crippen LogP contribution in [0.1, 0.15) is 5.82 Å². The van der Waals surface area contributed by atoms with Crippen LogP contribution < -0.4 is 0 Å². The Morgan fingerprint density at radius 1 is 1.36 bits per heavy atom. The van der Waals surface area contributed by atoms with Crippen molar-refractivity contribution in [3.63, 3.8) is 0 Å². The van der Waals surface area contributed by atoms with Gasteiger partial charge < -0.3 is 4.74 Å². The normalized spacial score (nSPS) is 15.8. The maximum Gasteiger partial charge on any atom is 0.270 e. The third-order valence-electron chi connectivity index (χ3n) is 3.62. The molecule has 1 fully saturated rings. The highest BCUT2D eigenvalue weighted by molar-refractivity contribution is 5.58. The Morgan fingerprint density at radius 2 is 2.18 bits per heavy atom. The van der Waals surface area contributed by atoms with Gasteiger partial charge >= 0.3 is 0 Å². The Balaban J connectivity index is 1.65. The van der Waals surface area contributed by atoms with Crippen LogP contribution in [0.5, 0.6) is 0 Å². The number of nitro groups is 1. The maximum atomic E-state index is 10.8. The van der Waals surface area contributed by atoms with Gasteiger partial charge in [0, 0.05) is 43.8 Å². The van der Waals surface area contributed by atoms with Crippen LogP contribution in [0.15, 0.2) is 24.3 Å². The molecule has 2 heterocycles. The van der Waals surface area contributed by atoms with Crippen LogP contribution in [0.2, 0.25) is 0 Å². The lowest BCUT2D eigenvalue weighted by Crippen LogP contribution is -2.37. The van der Waals surface area contributed by atoms with Crippen LogP contribution in [0.25, 0.3) is 11.4 Å². The molecule has 1 aromatic heterocycles. The first-order chi connectivity index (χ1) is 10.7. The van der Waals surface area contributed by atoms with Gasteiger partial charge in [0.2, 0.25) is 0 Å². The van der Waals surface area contributed by atoms with Gasteiger partial charge in [-0.15, -0.1) is 0 Å². The van der Waals surface area contributed by atoms with E-state index in [9.17, 15) is 10.1 Å². The molecule has 8 nitrogen and oxygen atoms in total. The molecule has 0 radical (unpaired) electrons. The number of nitrogens with one attached hydrogen (secondary N) is 1. The van der Waals surface area contributed by atoms with Crippen molar-refractivity contribution in [2.75, 3.05) is 32.8 Å². The molecule has 116 valence electrons. The number of aromatic amines is 1. The lowest BCUT2D eigenvalue weighted by Gasteiger charge is -2.25. The largest absolute Gasteiger partial charge is 0.379 e. The smallest absolute Gasteiger partial charge is 0.270 e. The predicted molar refractivity (Wildman–Crippen MR) is 79.4 cm³/mol. The molecule has 8 heteroatoms. The van der Waals surface area contributed by atoms with Crippen molar-refractivity contribution >= 4 is 5.69 Å². The van der Waals surface area contributed by atoms with E-state index in [-0.39, 0.29) is 5.69 Å². The summed E-state index contributed by atoms with van der Waals surface area (Å²) in [5.41, 5.74) is 0.681. The number of non-ortho nitro benzene ring substituents is 1. The summed E-state index contributed by atoms with van der Waals surface area (Å²) in [5, 5.41) is 17.9. The molecular weight excluding hydrogens is 286 g/mol. The molecule has 0 aliphatic carbocycles. The summed E-state index contributed by atoms with van der Waals surface area (Å²) in [6, 6.07) is 6.34. The van der Waals surface area contributed by atoms with Gasteiger partial charge in [0.1, 0.15) is 5.82 Å². The Kier molecular flexibility index (Phi) is 4.40. The van der Waals surface area contributed by atoms with E-state index in [0.717, 1.165) is 45.1 Å². The van der Waals surface area contributed by atoms with Gasteiger partial charge in [0.25, 0.3) is 5.69 Å². The number of ether oxygens (including phenoxy) is 1. The Hall–Kier alpha value is -2.32. The fourth-order valence-electron chi connectivity index (χ4n) is 2.38. The summed E-state index contributed by atoms with van der Waals surface area (Å²) in [6.07, 6.45) is 0.766. The van der Waals surface area contributed by atoms with Crippen LogP contribution in [0.4, 0.5) is 5.69 Å². The molecule has 0 bridgehead atoms. The van der Waals surface area contributed by atoms with Gasteiger partial charge in [-0.3, -0.25) is 20.1 Å². The van der Waals surface area contributed by atoms with Crippen molar-refractivity contribution < 1.29 is 9.66 Å². The number of nitro benzene ring substituents is 1. The molecule has 3 rings (SSSR count). The molecule has 1 aliphatic rings. The molecule has 1 N–H and O–H groups in total. The van der Waals surface area contributed by atoms with Crippen molar-refractivity contribution in [2.45, 2.75) is 6.42 Å². The zero-order valence-electron chi connectivity index (χ0n) is 12.1. The quantitative estimate of drug-likeness (QED) is 0.659. The predicted octanol–water partition coefficient (Wildman–Crippen LogP) is 1.25. The molecule has 2 aromatic rings. The van der Waals surface area contributed by atoms with Crippen LogP contribution in [-0.2, 0) is 11.2 Å². The second-order valence-corrected chi connectivity index (χ2v) is 5.12. The Bertz CT molecular complexity index is 651. The Labute approximate surface area is 127 Å². The molecule has 1 aliphatic heterocycles. The molecule has 0 amide bonds. The minimum Gasteiger partial charge on any atom is -0.379 e. The van der Waals surface area contributed by atoms with Crippen LogP contribution in [0.3, 0.4) is 0 Å². The van der Waals surface area contributed by atoms with Crippen molar-refractivity contribution in [1.82, 2.24) is 20.1 Å². The molecule has 0 atom stereocenters. The van der Waals surface area contributed by atoms with E-state index < -0.39 is 4.92 Å². The molecule has 0 unspecified atom stereocenters. The minimum absolute atomic E-state index is 0.0390. The first-order valence-electron chi connectivity index (χ1n) is 7.18. The van der Waals surface area contributed by atoms with E-state index in [2.05, 4.69) is 20.1 Å². The highest BCUT2D eigenvalue weighted by Gasteiger charge is 2.13. The van der Waals surface area contributed by atoms with E-state index in [1.54, 1.807) is 12.1 Å². The van der Waals surface area contributed by atoms with Crippen LogP contribution >= 0.6 is 0 Å². The average Bonchev–Trinajstić information content (AvgIpc) is 3.03. The van der Waals surface area contributed by atoms with E-state index in [4.69, 9.17) is 4.74 Å². The first-order valence-corrected chi connectivity index (χ1v) is 7.18. The van der Waals surface area contributed by atoms with Crippen molar-refractivity contribution in [3.05, 3.63) is 40.2 Å². The SMILES string of the molecule is O=[N+]([O-])c1cccc(-c2n[nH]c(CCN3CCOCC3)n2)c1. The fourth-order valence-corrected chi connectivity index (χ4v) is 2.38. The molecule has 1 aromatic carbocycles. The summed E-state index contributed by atoms with van der Waals surface area (Å²) in [7, 11) is 0. The van der Waals surface area contributed by atoms with Gasteiger partial charge in [-0.2, -0.15) is 5.10 Å². The van der Waals surface area contributed by atoms with E-state index in [0.29, 0.717) is 11.4 Å². The summed E-state index contributed by atoms with van der Waals surface area (Å²) in [4.78, 5) is 17.1. The number of aromatic nitrogens is 3. The topological polar surface area (TPSA) is 97.2 Å². The molecule has 22 heavy (non-hydrogen) atoms. The van der Waals surface area contributed by atoms with Crippen molar-refractivity contribution in [3.8, 4) is 11.4 Å². The zero-order chi connectivity index (χ0) is 15.4. The van der Waals surface area contributed by atoms with Gasteiger partial charge in [-0.1, -0.05) is 12.1 Å². The van der Waals surface area contributed by atoms with Gasteiger partial charge in [0.15, 0.2) is 5.82 Å². The summed E-state index contributed by atoms with van der Waals surface area (Å²) < 4.78 is 5.31. The Morgan fingerprint density at radius 3 is 2.95 bits per heavy atom. The van der Waals surface area contributed by atoms with E-state index in [1.165, 1.54) is 12.1 Å². The highest BCUT2D eigenvalue weighted by atomic mass is 16.6. The summed E-state index contributed by atoms with van der Waals surface area (Å²) >= 11 is 0. The molecular formula is C14H17N5O3.